The number of aromatic nitrogens is 4. The van der Waals surface area contributed by atoms with E-state index in [1.807, 2.05) is 7.05 Å². The Morgan fingerprint density at radius 3 is 2.80 bits per heavy atom. The van der Waals surface area contributed by atoms with Crippen molar-refractivity contribution in [2.24, 2.45) is 13.0 Å². The molecule has 1 saturated heterocycles. The highest BCUT2D eigenvalue weighted by Gasteiger charge is 2.30. The smallest absolute Gasteiger partial charge is 0.341 e. The van der Waals surface area contributed by atoms with Gasteiger partial charge in [-0.2, -0.15) is 5.10 Å². The molecule has 5 rings (SSSR count). The van der Waals surface area contributed by atoms with E-state index in [1.165, 1.54) is 16.2 Å². The lowest BCUT2D eigenvalue weighted by Gasteiger charge is -2.35. The van der Waals surface area contributed by atoms with Crippen molar-refractivity contribution in [2.45, 2.75) is 33.1 Å². The number of carbonyl (C=O) groups excluding carboxylic acids is 2. The van der Waals surface area contributed by atoms with Gasteiger partial charge in [-0.05, 0) is 37.7 Å². The Morgan fingerprint density at radius 1 is 1.23 bits per heavy atom. The molecule has 1 N–H and O–H groups in total. The summed E-state index contributed by atoms with van der Waals surface area (Å²) in [6.07, 6.45) is 6.21. The van der Waals surface area contributed by atoms with E-state index in [0.29, 0.717) is 23.1 Å². The summed E-state index contributed by atoms with van der Waals surface area (Å²) >= 11 is 1.53. The molecule has 0 saturated carbocycles. The highest BCUT2D eigenvalue weighted by molar-refractivity contribution is 7.17. The van der Waals surface area contributed by atoms with Crippen molar-refractivity contribution >= 4 is 45.1 Å². The summed E-state index contributed by atoms with van der Waals surface area (Å²) in [5, 5.41) is 8.89. The van der Waals surface area contributed by atoms with Crippen molar-refractivity contribution in [2.75, 3.05) is 49.5 Å². The van der Waals surface area contributed by atoms with E-state index in [-0.39, 0.29) is 18.4 Å². The average Bonchev–Trinajstić information content (AvgIpc) is 3.39. The monoisotopic (exact) mass is 497 g/mol. The highest BCUT2D eigenvalue weighted by atomic mass is 32.1. The number of carbonyl (C=O) groups is 2. The maximum absolute atomic E-state index is 13.0. The Kier molecular flexibility index (Phi) is 6.70. The largest absolute Gasteiger partial charge is 0.462 e. The summed E-state index contributed by atoms with van der Waals surface area (Å²) in [5.41, 5.74) is 2.42. The van der Waals surface area contributed by atoms with E-state index in [9.17, 15) is 9.59 Å². The van der Waals surface area contributed by atoms with Crippen LogP contribution in [0.25, 0.3) is 11.0 Å². The van der Waals surface area contributed by atoms with Crippen molar-refractivity contribution in [1.29, 1.82) is 0 Å². The number of nitrogens with one attached hydrogen (secondary N) is 1. The second-order valence-electron chi connectivity index (χ2n) is 9.29. The maximum Gasteiger partial charge on any atom is 0.341 e. The van der Waals surface area contributed by atoms with Crippen LogP contribution in [0.15, 0.2) is 12.5 Å². The van der Waals surface area contributed by atoms with Gasteiger partial charge in [0.05, 0.1) is 30.3 Å². The van der Waals surface area contributed by atoms with E-state index in [1.54, 1.807) is 24.1 Å². The quantitative estimate of drug-likeness (QED) is 0.518. The third-order valence-electron chi connectivity index (χ3n) is 6.79. The molecule has 1 atom stereocenters. The number of nitrogens with zero attached hydrogens (tertiary/aromatic N) is 6. The zero-order valence-corrected chi connectivity index (χ0v) is 21.2. The minimum absolute atomic E-state index is 0.104. The molecule has 1 amide bonds. The van der Waals surface area contributed by atoms with Gasteiger partial charge in [0.1, 0.15) is 17.1 Å². The van der Waals surface area contributed by atoms with Crippen LogP contribution in [0.1, 0.15) is 41.1 Å². The number of aryl methyl sites for hydroxylation is 1. The molecule has 10 nitrogen and oxygen atoms in total. The molecule has 3 aromatic heterocycles. The minimum Gasteiger partial charge on any atom is -0.462 e. The zero-order chi connectivity index (χ0) is 24.5. The lowest BCUT2D eigenvalue weighted by molar-refractivity contribution is -0.117. The fraction of sp³-hybridized carbons (Fsp3) is 0.542. The number of ether oxygens (including phenoxy) is 1. The molecule has 1 aliphatic heterocycles. The summed E-state index contributed by atoms with van der Waals surface area (Å²) in [6, 6.07) is 0. The van der Waals surface area contributed by atoms with Gasteiger partial charge in [0.2, 0.25) is 5.91 Å². The predicted molar refractivity (Wildman–Crippen MR) is 135 cm³/mol. The lowest BCUT2D eigenvalue weighted by Crippen LogP contribution is -2.49. The van der Waals surface area contributed by atoms with Crippen LogP contribution < -0.4 is 10.2 Å². The first kappa shape index (κ1) is 23.7. The van der Waals surface area contributed by atoms with Gasteiger partial charge in [0, 0.05) is 38.1 Å². The molecule has 11 heteroatoms. The Hall–Kier alpha value is -3.05. The predicted octanol–water partition coefficient (Wildman–Crippen LogP) is 2.49. The lowest BCUT2D eigenvalue weighted by atomic mass is 9.88. The average molecular weight is 498 g/mol. The molecule has 1 fully saturated rings. The first-order chi connectivity index (χ1) is 16.9. The zero-order valence-electron chi connectivity index (χ0n) is 20.4. The second-order valence-corrected chi connectivity index (χ2v) is 10.4. The SMILES string of the molecule is CCOC(=O)c1c(NC(=O)CN2CCN(c3ncnc4c3cnn4C)CC2)sc2c1CCC(C)C2. The molecule has 186 valence electrons. The van der Waals surface area contributed by atoms with E-state index < -0.39 is 0 Å². The molecule has 4 heterocycles. The van der Waals surface area contributed by atoms with Crippen molar-refractivity contribution in [3.05, 3.63) is 28.5 Å². The van der Waals surface area contributed by atoms with Gasteiger partial charge in [0.15, 0.2) is 5.65 Å². The molecular formula is C24H31N7O3S. The fourth-order valence-electron chi connectivity index (χ4n) is 4.95. The number of hydrogen-bond donors (Lipinski definition) is 1. The van der Waals surface area contributed by atoms with Crippen molar-refractivity contribution < 1.29 is 14.3 Å². The highest BCUT2D eigenvalue weighted by Crippen LogP contribution is 2.40. The maximum atomic E-state index is 13.0. The van der Waals surface area contributed by atoms with Gasteiger partial charge >= 0.3 is 5.97 Å². The first-order valence-corrected chi connectivity index (χ1v) is 13.0. The number of esters is 1. The van der Waals surface area contributed by atoms with Gasteiger partial charge in [-0.1, -0.05) is 6.92 Å². The number of fused-ring (bicyclic) bond motifs is 2. The summed E-state index contributed by atoms with van der Waals surface area (Å²) in [4.78, 5) is 40.0. The number of thiophene rings is 1. The Bertz CT molecular complexity index is 1250. The van der Waals surface area contributed by atoms with E-state index >= 15 is 0 Å². The Morgan fingerprint density at radius 2 is 2.03 bits per heavy atom. The molecule has 0 spiro atoms. The van der Waals surface area contributed by atoms with Crippen LogP contribution in [0.4, 0.5) is 10.8 Å². The number of anilines is 2. The van der Waals surface area contributed by atoms with Crippen LogP contribution in [-0.2, 0) is 29.4 Å². The molecule has 0 bridgehead atoms. The molecule has 0 radical (unpaired) electrons. The van der Waals surface area contributed by atoms with Crippen molar-refractivity contribution in [3.8, 4) is 0 Å². The Balaban J connectivity index is 1.23. The summed E-state index contributed by atoms with van der Waals surface area (Å²) in [5.74, 6) is 1.02. The van der Waals surface area contributed by atoms with Crippen LogP contribution in [0.5, 0.6) is 0 Å². The van der Waals surface area contributed by atoms with Gasteiger partial charge in [-0.15, -0.1) is 11.3 Å². The number of rotatable bonds is 6. The van der Waals surface area contributed by atoms with Crippen molar-refractivity contribution in [1.82, 2.24) is 24.6 Å². The van der Waals surface area contributed by atoms with E-state index in [0.717, 1.165) is 67.9 Å². The first-order valence-electron chi connectivity index (χ1n) is 12.2. The molecule has 35 heavy (non-hydrogen) atoms. The summed E-state index contributed by atoms with van der Waals surface area (Å²) in [6.45, 7) is 7.62. The summed E-state index contributed by atoms with van der Waals surface area (Å²) in [7, 11) is 1.87. The van der Waals surface area contributed by atoms with Crippen LogP contribution in [0, 0.1) is 5.92 Å². The van der Waals surface area contributed by atoms with Crippen molar-refractivity contribution in [3.63, 3.8) is 0 Å². The molecule has 1 aliphatic carbocycles. The molecule has 2 aliphatic rings. The molecule has 1 unspecified atom stereocenters. The number of hydrogen-bond acceptors (Lipinski definition) is 9. The van der Waals surface area contributed by atoms with Crippen LogP contribution in [0.3, 0.4) is 0 Å². The third-order valence-corrected chi connectivity index (χ3v) is 7.96. The summed E-state index contributed by atoms with van der Waals surface area (Å²) < 4.78 is 7.07. The molecule has 0 aromatic carbocycles. The van der Waals surface area contributed by atoms with Gasteiger partial charge in [0.25, 0.3) is 0 Å². The van der Waals surface area contributed by atoms with E-state index in [4.69, 9.17) is 4.74 Å². The van der Waals surface area contributed by atoms with Crippen LogP contribution in [-0.4, -0.2) is 75.9 Å². The van der Waals surface area contributed by atoms with E-state index in [2.05, 4.69) is 37.1 Å². The van der Waals surface area contributed by atoms with Gasteiger partial charge in [-0.25, -0.2) is 14.8 Å². The Labute approximate surface area is 208 Å². The number of piperazine rings is 1. The molecule has 3 aromatic rings. The number of amides is 1. The topological polar surface area (TPSA) is 105 Å². The third kappa shape index (κ3) is 4.74. The second kappa shape index (κ2) is 9.90. The standard InChI is InChI=1S/C24H31N7O3S/c1-4-34-24(33)20-16-6-5-15(2)11-18(16)35-23(20)28-19(32)13-30-7-9-31(10-8-30)22-17-12-27-29(3)21(17)25-14-26-22/h12,14-15H,4-11,13H2,1-3H3,(H,28,32). The van der Waals surface area contributed by atoms with Gasteiger partial charge in [-0.3, -0.25) is 14.4 Å². The minimum atomic E-state index is -0.338. The fourth-order valence-corrected chi connectivity index (χ4v) is 6.36. The van der Waals surface area contributed by atoms with Crippen LogP contribution >= 0.6 is 11.3 Å². The molecular weight excluding hydrogens is 466 g/mol. The van der Waals surface area contributed by atoms with Gasteiger partial charge < -0.3 is 15.0 Å². The van der Waals surface area contributed by atoms with Crippen LogP contribution in [0.2, 0.25) is 0 Å². The normalized spacial score (nSPS) is 18.5.